The normalized spacial score (nSPS) is 11.4. The monoisotopic (exact) mass is 388 g/mol. The Morgan fingerprint density at radius 3 is 2.23 bits per heavy atom. The number of nitro groups is 2. The smallest absolute Gasteiger partial charge is 0.341 e. The van der Waals surface area contributed by atoms with Crippen molar-refractivity contribution in [2.45, 2.75) is 17.6 Å². The number of hydrogen-bond donors (Lipinski definition) is 0. The van der Waals surface area contributed by atoms with Gasteiger partial charge in [-0.2, -0.15) is 8.78 Å². The maximum atomic E-state index is 12.6. The number of rotatable bonds is 6. The molecule has 0 aromatic heterocycles. The molecule has 0 radical (unpaired) electrons. The van der Waals surface area contributed by atoms with Crippen LogP contribution in [0.5, 0.6) is 11.5 Å². The zero-order valence-corrected chi connectivity index (χ0v) is 13.8. The van der Waals surface area contributed by atoms with Crippen LogP contribution in [0.1, 0.15) is 5.56 Å². The highest BCUT2D eigenvalue weighted by atomic mass is 32.2. The number of nitro benzene ring substituents is 2. The fourth-order valence-corrected chi connectivity index (χ4v) is 2.81. The highest BCUT2D eigenvalue weighted by Crippen LogP contribution is 2.39. The van der Waals surface area contributed by atoms with Crippen molar-refractivity contribution < 1.29 is 31.8 Å². The molecule has 9 nitrogen and oxygen atoms in total. The third-order valence-corrected chi connectivity index (χ3v) is 4.67. The van der Waals surface area contributed by atoms with E-state index in [1.165, 1.54) is 25.1 Å². The molecule has 0 fully saturated rings. The van der Waals surface area contributed by atoms with Crippen LogP contribution in [0.25, 0.3) is 0 Å². The molecule has 12 heteroatoms. The van der Waals surface area contributed by atoms with Gasteiger partial charge in [-0.25, -0.2) is 8.42 Å². The van der Waals surface area contributed by atoms with Gasteiger partial charge >= 0.3 is 17.1 Å². The van der Waals surface area contributed by atoms with Crippen molar-refractivity contribution in [3.8, 4) is 11.5 Å². The van der Waals surface area contributed by atoms with Crippen molar-refractivity contribution in [1.29, 1.82) is 0 Å². The van der Waals surface area contributed by atoms with E-state index >= 15 is 0 Å². The first-order chi connectivity index (χ1) is 12.1. The van der Waals surface area contributed by atoms with Crippen LogP contribution in [-0.4, -0.2) is 24.0 Å². The molecule has 0 bridgehead atoms. The molecule has 0 amide bonds. The van der Waals surface area contributed by atoms with E-state index in [0.29, 0.717) is 12.1 Å². The first-order valence-electron chi connectivity index (χ1n) is 6.78. The van der Waals surface area contributed by atoms with Crippen molar-refractivity contribution in [2.24, 2.45) is 0 Å². The predicted octanol–water partition coefficient (Wildman–Crippen LogP) is 3.60. The minimum atomic E-state index is -5.05. The summed E-state index contributed by atoms with van der Waals surface area (Å²) in [6, 6.07) is 5.94. The van der Waals surface area contributed by atoms with E-state index in [9.17, 15) is 37.4 Å². The summed E-state index contributed by atoms with van der Waals surface area (Å²) in [5.74, 6) is -4.61. The maximum absolute atomic E-state index is 12.6. The lowest BCUT2D eigenvalue weighted by molar-refractivity contribution is -0.387. The molecule has 0 saturated heterocycles. The molecule has 0 spiro atoms. The molecule has 138 valence electrons. The molecule has 0 aliphatic carbocycles. The van der Waals surface area contributed by atoms with Gasteiger partial charge in [0.1, 0.15) is 0 Å². The molecule has 0 saturated carbocycles. The molecule has 0 N–H and O–H groups in total. The van der Waals surface area contributed by atoms with Gasteiger partial charge in [-0.15, -0.1) is 0 Å². The van der Waals surface area contributed by atoms with E-state index in [4.69, 9.17) is 4.74 Å². The van der Waals surface area contributed by atoms with Crippen LogP contribution in [0, 0.1) is 27.2 Å². The van der Waals surface area contributed by atoms with Crippen molar-refractivity contribution >= 4 is 21.2 Å². The summed E-state index contributed by atoms with van der Waals surface area (Å²) in [5, 5.41) is 22.3. The van der Waals surface area contributed by atoms with Crippen molar-refractivity contribution in [1.82, 2.24) is 0 Å². The van der Waals surface area contributed by atoms with Gasteiger partial charge in [0.15, 0.2) is 0 Å². The Kier molecular flexibility index (Phi) is 5.16. The van der Waals surface area contributed by atoms with Gasteiger partial charge in [0, 0.05) is 11.6 Å². The molecule has 2 aromatic rings. The molecular weight excluding hydrogens is 378 g/mol. The molecule has 2 rings (SSSR count). The second kappa shape index (κ2) is 7.00. The Bertz CT molecular complexity index is 993. The van der Waals surface area contributed by atoms with Crippen LogP contribution in [0.4, 0.5) is 20.2 Å². The van der Waals surface area contributed by atoms with Crippen molar-refractivity contribution in [2.75, 3.05) is 0 Å². The van der Waals surface area contributed by atoms with Gasteiger partial charge in [0.25, 0.3) is 0 Å². The van der Waals surface area contributed by atoms with Gasteiger partial charge in [-0.1, -0.05) is 12.1 Å². The van der Waals surface area contributed by atoms with Crippen LogP contribution in [0.2, 0.25) is 0 Å². The van der Waals surface area contributed by atoms with E-state index in [0.717, 1.165) is 6.07 Å². The average molecular weight is 388 g/mol. The molecule has 0 atom stereocenters. The third-order valence-electron chi connectivity index (χ3n) is 3.29. The largest absolute Gasteiger partial charge is 0.443 e. The van der Waals surface area contributed by atoms with E-state index in [2.05, 4.69) is 0 Å². The van der Waals surface area contributed by atoms with Gasteiger partial charge in [0.2, 0.25) is 21.3 Å². The van der Waals surface area contributed by atoms with Crippen LogP contribution >= 0.6 is 0 Å². The number of halogens is 2. The van der Waals surface area contributed by atoms with Gasteiger partial charge in [-0.3, -0.25) is 20.2 Å². The van der Waals surface area contributed by atoms with Crippen LogP contribution in [0.3, 0.4) is 0 Å². The number of sulfone groups is 1. The predicted molar refractivity (Wildman–Crippen MR) is 84.2 cm³/mol. The highest BCUT2D eigenvalue weighted by molar-refractivity contribution is 7.91. The van der Waals surface area contributed by atoms with Gasteiger partial charge in [-0.05, 0) is 25.1 Å². The first-order valence-corrected chi connectivity index (χ1v) is 8.32. The van der Waals surface area contributed by atoms with E-state index in [-0.39, 0.29) is 11.3 Å². The van der Waals surface area contributed by atoms with E-state index in [1.54, 1.807) is 0 Å². The molecule has 0 heterocycles. The van der Waals surface area contributed by atoms with Crippen LogP contribution < -0.4 is 4.74 Å². The summed E-state index contributed by atoms with van der Waals surface area (Å²) < 4.78 is 53.3. The number of aryl methyl sites for hydroxylation is 1. The molecule has 2 aromatic carbocycles. The summed E-state index contributed by atoms with van der Waals surface area (Å²) in [4.78, 5) is 19.5. The molecule has 26 heavy (non-hydrogen) atoms. The second-order valence-electron chi connectivity index (χ2n) is 4.97. The number of nitrogens with zero attached hydrogens (tertiary/aromatic N) is 2. The molecule has 0 unspecified atom stereocenters. The number of hydrogen-bond acceptors (Lipinski definition) is 7. The maximum Gasteiger partial charge on any atom is 0.341 e. The highest BCUT2D eigenvalue weighted by Gasteiger charge is 2.30. The Labute approximate surface area is 145 Å². The zero-order valence-electron chi connectivity index (χ0n) is 13.0. The van der Waals surface area contributed by atoms with Crippen LogP contribution in [0.15, 0.2) is 41.3 Å². The van der Waals surface area contributed by atoms with Crippen LogP contribution in [-0.2, 0) is 9.84 Å². The summed E-state index contributed by atoms with van der Waals surface area (Å²) in [7, 11) is -5.05. The minimum absolute atomic E-state index is 0.229. The fourth-order valence-electron chi connectivity index (χ4n) is 2.07. The Morgan fingerprint density at radius 1 is 1.04 bits per heavy atom. The van der Waals surface area contributed by atoms with E-state index in [1.807, 2.05) is 0 Å². The topological polar surface area (TPSA) is 130 Å². The summed E-state index contributed by atoms with van der Waals surface area (Å²) in [6.45, 7) is 1.43. The number of ether oxygens (including phenoxy) is 1. The standard InChI is InChI=1S/C14H10F2N2O7S/c1-8-3-2-4-12(13(8)18(21)22)25-11-6-5-9(7-10(11)17(19)20)26(23,24)14(15)16/h2-7,14H,1H3. The quantitative estimate of drug-likeness (QED) is 0.546. The first kappa shape index (κ1) is 19.2. The summed E-state index contributed by atoms with van der Waals surface area (Å²) in [6.07, 6.45) is 0. The lowest BCUT2D eigenvalue weighted by Crippen LogP contribution is -2.11. The Morgan fingerprint density at radius 2 is 1.69 bits per heavy atom. The van der Waals surface area contributed by atoms with Crippen molar-refractivity contribution in [3.63, 3.8) is 0 Å². The Hall–Kier alpha value is -3.15. The molecule has 0 aliphatic rings. The lowest BCUT2D eigenvalue weighted by Gasteiger charge is -2.09. The SMILES string of the molecule is Cc1cccc(Oc2ccc(S(=O)(=O)C(F)F)cc2[N+](=O)[O-])c1[N+](=O)[O-]. The fraction of sp³-hybridized carbons (Fsp3) is 0.143. The molecular formula is C14H10F2N2O7S. The van der Waals surface area contributed by atoms with Crippen molar-refractivity contribution in [3.05, 3.63) is 62.2 Å². The Balaban J connectivity index is 2.58. The summed E-state index contributed by atoms with van der Waals surface area (Å²) in [5.41, 5.74) is -1.14. The third kappa shape index (κ3) is 3.59. The number of alkyl halides is 2. The second-order valence-corrected chi connectivity index (χ2v) is 6.89. The lowest BCUT2D eigenvalue weighted by atomic mass is 10.2. The van der Waals surface area contributed by atoms with Gasteiger partial charge < -0.3 is 4.74 Å². The minimum Gasteiger partial charge on any atom is -0.443 e. The average Bonchev–Trinajstić information content (AvgIpc) is 2.54. The molecule has 0 aliphatic heterocycles. The van der Waals surface area contributed by atoms with E-state index < -0.39 is 47.5 Å². The zero-order chi connectivity index (χ0) is 19.6. The number of benzene rings is 2. The number of para-hydroxylation sites is 1. The van der Waals surface area contributed by atoms with Gasteiger partial charge in [0.05, 0.1) is 14.7 Å². The summed E-state index contributed by atoms with van der Waals surface area (Å²) >= 11 is 0.